The molecule has 2 fully saturated rings. The summed E-state index contributed by atoms with van der Waals surface area (Å²) in [6.07, 6.45) is 2.47. The molecule has 3 rings (SSSR count). The number of hydrogen-bond donors (Lipinski definition) is 1. The van der Waals surface area contributed by atoms with Gasteiger partial charge in [0.05, 0.1) is 0 Å². The standard InChI is InChI=1S/C16H23FN2S/c1-11-12(2)20-9-8-19(11)16-5-3-4-15(17)14(16)10-18-13-6-7-13/h3-5,11-13,18H,6-10H2,1-2H3. The van der Waals surface area contributed by atoms with Crippen molar-refractivity contribution in [1.29, 1.82) is 0 Å². The molecule has 4 heteroatoms. The summed E-state index contributed by atoms with van der Waals surface area (Å²) >= 11 is 2.01. The van der Waals surface area contributed by atoms with Gasteiger partial charge in [0.25, 0.3) is 0 Å². The zero-order valence-corrected chi connectivity index (χ0v) is 13.0. The van der Waals surface area contributed by atoms with Gasteiger partial charge < -0.3 is 10.2 Å². The van der Waals surface area contributed by atoms with Crippen molar-refractivity contribution >= 4 is 17.4 Å². The van der Waals surface area contributed by atoms with E-state index in [2.05, 4.69) is 30.1 Å². The van der Waals surface area contributed by atoms with Gasteiger partial charge in [-0.05, 0) is 31.9 Å². The van der Waals surface area contributed by atoms with E-state index in [0.29, 0.717) is 23.9 Å². The second kappa shape index (κ2) is 5.94. The quantitative estimate of drug-likeness (QED) is 0.916. The molecule has 1 aromatic rings. The van der Waals surface area contributed by atoms with Crippen molar-refractivity contribution in [3.8, 4) is 0 Å². The van der Waals surface area contributed by atoms with E-state index in [4.69, 9.17) is 0 Å². The first-order valence-corrected chi connectivity index (χ1v) is 8.60. The van der Waals surface area contributed by atoms with Crippen molar-refractivity contribution in [2.24, 2.45) is 0 Å². The Morgan fingerprint density at radius 3 is 2.90 bits per heavy atom. The minimum Gasteiger partial charge on any atom is -0.367 e. The zero-order valence-electron chi connectivity index (χ0n) is 12.2. The molecule has 1 aliphatic carbocycles. The molecule has 0 aromatic heterocycles. The molecule has 1 aromatic carbocycles. The average Bonchev–Trinajstić information content (AvgIpc) is 3.25. The number of nitrogens with zero attached hydrogens (tertiary/aromatic N) is 1. The van der Waals surface area contributed by atoms with Crippen molar-refractivity contribution in [2.45, 2.75) is 50.6 Å². The zero-order chi connectivity index (χ0) is 14.1. The Hall–Kier alpha value is -0.740. The number of hydrogen-bond acceptors (Lipinski definition) is 3. The maximum atomic E-state index is 14.2. The number of halogens is 1. The van der Waals surface area contributed by atoms with E-state index in [1.54, 1.807) is 6.07 Å². The first-order chi connectivity index (χ1) is 9.66. The summed E-state index contributed by atoms with van der Waals surface area (Å²) in [7, 11) is 0. The van der Waals surface area contributed by atoms with Crippen molar-refractivity contribution in [3.63, 3.8) is 0 Å². The number of rotatable bonds is 4. The summed E-state index contributed by atoms with van der Waals surface area (Å²) in [4.78, 5) is 2.38. The minimum atomic E-state index is -0.0753. The van der Waals surface area contributed by atoms with Crippen LogP contribution < -0.4 is 10.2 Å². The predicted molar refractivity (Wildman–Crippen MR) is 85.0 cm³/mol. The number of thioether (sulfide) groups is 1. The van der Waals surface area contributed by atoms with Crippen molar-refractivity contribution in [1.82, 2.24) is 5.32 Å². The molecule has 1 aliphatic heterocycles. The molecule has 1 N–H and O–H groups in total. The van der Waals surface area contributed by atoms with Crippen LogP contribution in [0.15, 0.2) is 18.2 Å². The van der Waals surface area contributed by atoms with Gasteiger partial charge in [0.2, 0.25) is 0 Å². The Morgan fingerprint density at radius 1 is 1.35 bits per heavy atom. The Bertz CT molecular complexity index is 476. The van der Waals surface area contributed by atoms with E-state index in [1.807, 2.05) is 17.8 Å². The third kappa shape index (κ3) is 2.96. The summed E-state index contributed by atoms with van der Waals surface area (Å²) in [5.74, 6) is 1.05. The van der Waals surface area contributed by atoms with Gasteiger partial charge in [0.1, 0.15) is 5.82 Å². The SMILES string of the molecule is CC1SCCN(c2cccc(F)c2CNC2CC2)C1C. The molecule has 1 heterocycles. The molecule has 0 spiro atoms. The number of nitrogens with one attached hydrogen (secondary N) is 1. The highest BCUT2D eigenvalue weighted by molar-refractivity contribution is 8.00. The lowest BCUT2D eigenvalue weighted by molar-refractivity contribution is 0.575. The topological polar surface area (TPSA) is 15.3 Å². The van der Waals surface area contributed by atoms with Crippen LogP contribution >= 0.6 is 11.8 Å². The molecule has 2 atom stereocenters. The van der Waals surface area contributed by atoms with Gasteiger partial charge in [0, 0.05) is 47.4 Å². The second-order valence-corrected chi connectivity index (χ2v) is 7.39. The van der Waals surface area contributed by atoms with Crippen LogP contribution in [0.4, 0.5) is 10.1 Å². The summed E-state index contributed by atoms with van der Waals surface area (Å²) in [6.45, 7) is 6.18. The Morgan fingerprint density at radius 2 is 2.15 bits per heavy atom. The van der Waals surface area contributed by atoms with Gasteiger partial charge in [-0.1, -0.05) is 13.0 Å². The first-order valence-electron chi connectivity index (χ1n) is 7.56. The van der Waals surface area contributed by atoms with Gasteiger partial charge in [-0.3, -0.25) is 0 Å². The van der Waals surface area contributed by atoms with Crippen molar-refractivity contribution in [2.75, 3.05) is 17.2 Å². The largest absolute Gasteiger partial charge is 0.367 e. The molecule has 20 heavy (non-hydrogen) atoms. The predicted octanol–water partition coefficient (Wildman–Crippen LogP) is 3.41. The van der Waals surface area contributed by atoms with Crippen LogP contribution in [0.2, 0.25) is 0 Å². The van der Waals surface area contributed by atoms with Gasteiger partial charge in [-0.15, -0.1) is 0 Å². The van der Waals surface area contributed by atoms with Crippen LogP contribution in [0.25, 0.3) is 0 Å². The Labute approximate surface area is 125 Å². The highest BCUT2D eigenvalue weighted by Gasteiger charge is 2.28. The monoisotopic (exact) mass is 294 g/mol. The number of anilines is 1. The lowest BCUT2D eigenvalue weighted by Crippen LogP contribution is -2.45. The molecule has 0 amide bonds. The summed E-state index contributed by atoms with van der Waals surface area (Å²) in [5, 5.41) is 4.04. The first kappa shape index (κ1) is 14.2. The fraction of sp³-hybridized carbons (Fsp3) is 0.625. The van der Waals surface area contributed by atoms with E-state index in [1.165, 1.54) is 12.8 Å². The van der Waals surface area contributed by atoms with Gasteiger partial charge in [0.15, 0.2) is 0 Å². The van der Waals surface area contributed by atoms with E-state index in [-0.39, 0.29) is 5.82 Å². The molecule has 2 unspecified atom stereocenters. The maximum Gasteiger partial charge on any atom is 0.129 e. The Balaban J connectivity index is 1.84. The molecule has 110 valence electrons. The maximum absolute atomic E-state index is 14.2. The van der Waals surface area contributed by atoms with Crippen LogP contribution in [0, 0.1) is 5.82 Å². The lowest BCUT2D eigenvalue weighted by atomic mass is 10.1. The van der Waals surface area contributed by atoms with E-state index < -0.39 is 0 Å². The van der Waals surface area contributed by atoms with Crippen LogP contribution in [0.3, 0.4) is 0 Å². The lowest BCUT2D eigenvalue weighted by Gasteiger charge is -2.40. The average molecular weight is 294 g/mol. The van der Waals surface area contributed by atoms with Crippen LogP contribution in [-0.2, 0) is 6.54 Å². The minimum absolute atomic E-state index is 0.0753. The van der Waals surface area contributed by atoms with Crippen molar-refractivity contribution in [3.05, 3.63) is 29.6 Å². The van der Waals surface area contributed by atoms with Gasteiger partial charge in [-0.2, -0.15) is 11.8 Å². The fourth-order valence-corrected chi connectivity index (χ4v) is 3.90. The molecular weight excluding hydrogens is 271 g/mol. The molecule has 0 bridgehead atoms. The Kier molecular flexibility index (Phi) is 4.22. The normalized spacial score (nSPS) is 26.9. The molecule has 0 radical (unpaired) electrons. The highest BCUT2D eigenvalue weighted by Crippen LogP contribution is 2.32. The third-order valence-electron chi connectivity index (χ3n) is 4.43. The van der Waals surface area contributed by atoms with Gasteiger partial charge >= 0.3 is 0 Å². The molecule has 1 saturated carbocycles. The summed E-state index contributed by atoms with van der Waals surface area (Å²) in [5.41, 5.74) is 1.92. The smallest absolute Gasteiger partial charge is 0.129 e. The highest BCUT2D eigenvalue weighted by atomic mass is 32.2. The molecule has 2 aliphatic rings. The molecule has 2 nitrogen and oxygen atoms in total. The van der Waals surface area contributed by atoms with Gasteiger partial charge in [-0.25, -0.2) is 4.39 Å². The van der Waals surface area contributed by atoms with Crippen LogP contribution in [-0.4, -0.2) is 29.6 Å². The second-order valence-electron chi connectivity index (χ2n) is 5.90. The molecule has 1 saturated heterocycles. The van der Waals surface area contributed by atoms with E-state index in [0.717, 1.165) is 23.5 Å². The van der Waals surface area contributed by atoms with Crippen LogP contribution in [0.5, 0.6) is 0 Å². The van der Waals surface area contributed by atoms with E-state index in [9.17, 15) is 4.39 Å². The summed E-state index contributed by atoms with van der Waals surface area (Å²) < 4.78 is 14.2. The fourth-order valence-electron chi connectivity index (χ4n) is 2.80. The third-order valence-corrected chi connectivity index (χ3v) is 5.77. The van der Waals surface area contributed by atoms with Crippen LogP contribution in [0.1, 0.15) is 32.3 Å². The number of benzene rings is 1. The van der Waals surface area contributed by atoms with E-state index >= 15 is 0 Å². The van der Waals surface area contributed by atoms with Crippen molar-refractivity contribution < 1.29 is 4.39 Å². The molecular formula is C16H23FN2S. The summed E-state index contributed by atoms with van der Waals surface area (Å²) in [6, 6.07) is 6.56.